The second-order valence-electron chi connectivity index (χ2n) is 6.65. The average molecular weight is 440 g/mol. The van der Waals surface area contributed by atoms with Crippen molar-refractivity contribution in [2.75, 3.05) is 6.61 Å². The second-order valence-corrected chi connectivity index (χ2v) is 7.43. The third kappa shape index (κ3) is 4.64. The molecule has 5 nitrogen and oxygen atoms in total. The van der Waals surface area contributed by atoms with Crippen LogP contribution in [-0.4, -0.2) is 21.8 Å². The van der Waals surface area contributed by atoms with Gasteiger partial charge in [-0.1, -0.05) is 42.3 Å². The van der Waals surface area contributed by atoms with E-state index in [1.165, 1.54) is 5.56 Å². The molecule has 4 rings (SSSR count). The fourth-order valence-electron chi connectivity index (χ4n) is 2.90. The van der Waals surface area contributed by atoms with Gasteiger partial charge in [-0.3, -0.25) is 4.98 Å². The molecule has 30 heavy (non-hydrogen) atoms. The maximum absolute atomic E-state index is 6.23. The van der Waals surface area contributed by atoms with E-state index in [4.69, 9.17) is 32.4 Å². The summed E-state index contributed by atoms with van der Waals surface area (Å²) in [6.45, 7) is 2.67. The van der Waals surface area contributed by atoms with Gasteiger partial charge >= 0.3 is 0 Å². The van der Waals surface area contributed by atoms with Crippen molar-refractivity contribution in [1.29, 1.82) is 0 Å². The van der Waals surface area contributed by atoms with Crippen LogP contribution in [0.2, 0.25) is 10.0 Å². The molecule has 2 aromatic carbocycles. The molecule has 0 aliphatic carbocycles. The lowest BCUT2D eigenvalue weighted by Gasteiger charge is -2.06. The highest BCUT2D eigenvalue weighted by atomic mass is 35.5. The highest BCUT2D eigenvalue weighted by molar-refractivity contribution is 6.43. The molecule has 0 spiro atoms. The van der Waals surface area contributed by atoms with Crippen molar-refractivity contribution < 1.29 is 9.15 Å². The van der Waals surface area contributed by atoms with Crippen molar-refractivity contribution in [3.8, 4) is 28.7 Å². The molecular weight excluding hydrogens is 421 g/mol. The van der Waals surface area contributed by atoms with Crippen LogP contribution >= 0.6 is 23.2 Å². The molecule has 0 N–H and O–H groups in total. The Morgan fingerprint density at radius 3 is 2.47 bits per heavy atom. The van der Waals surface area contributed by atoms with Gasteiger partial charge in [-0.25, -0.2) is 0 Å². The minimum atomic E-state index is 0.319. The number of hydrogen-bond donors (Lipinski definition) is 0. The highest BCUT2D eigenvalue weighted by Crippen LogP contribution is 2.34. The van der Waals surface area contributed by atoms with E-state index in [0.717, 1.165) is 29.8 Å². The zero-order valence-corrected chi connectivity index (χ0v) is 17.8. The first-order chi connectivity index (χ1) is 14.6. The predicted octanol–water partition coefficient (Wildman–Crippen LogP) is 6.29. The van der Waals surface area contributed by atoms with Gasteiger partial charge in [0.05, 0.1) is 22.2 Å². The van der Waals surface area contributed by atoms with Crippen LogP contribution in [0, 0.1) is 0 Å². The van der Waals surface area contributed by atoms with Crippen LogP contribution in [0.5, 0.6) is 5.75 Å². The van der Waals surface area contributed by atoms with Crippen LogP contribution in [0.25, 0.3) is 22.9 Å². The number of hydrogen-bond acceptors (Lipinski definition) is 5. The van der Waals surface area contributed by atoms with Crippen LogP contribution in [0.1, 0.15) is 18.2 Å². The molecule has 0 amide bonds. The van der Waals surface area contributed by atoms with Gasteiger partial charge in [-0.2, -0.15) is 0 Å². The molecule has 0 bridgehead atoms. The lowest BCUT2D eigenvalue weighted by molar-refractivity contribution is 0.320. The summed E-state index contributed by atoms with van der Waals surface area (Å²) in [4.78, 5) is 4.45. The summed E-state index contributed by atoms with van der Waals surface area (Å²) in [5.74, 6) is 1.48. The van der Waals surface area contributed by atoms with Crippen molar-refractivity contribution in [3.05, 3.63) is 82.1 Å². The first-order valence-corrected chi connectivity index (χ1v) is 10.3. The van der Waals surface area contributed by atoms with Gasteiger partial charge in [0.2, 0.25) is 11.8 Å². The van der Waals surface area contributed by atoms with Crippen molar-refractivity contribution in [2.45, 2.75) is 19.8 Å². The van der Waals surface area contributed by atoms with Crippen LogP contribution in [-0.2, 0) is 12.8 Å². The molecule has 0 aliphatic rings. The molecule has 7 heteroatoms. The van der Waals surface area contributed by atoms with Crippen molar-refractivity contribution in [1.82, 2.24) is 15.2 Å². The van der Waals surface area contributed by atoms with E-state index in [2.05, 4.69) is 28.2 Å². The summed E-state index contributed by atoms with van der Waals surface area (Å²) >= 11 is 12.3. The Hall–Kier alpha value is -2.89. The number of benzene rings is 2. The van der Waals surface area contributed by atoms with Gasteiger partial charge < -0.3 is 9.15 Å². The van der Waals surface area contributed by atoms with Gasteiger partial charge in [-0.05, 0) is 54.4 Å². The van der Waals surface area contributed by atoms with Crippen LogP contribution < -0.4 is 4.74 Å². The molecule has 152 valence electrons. The minimum Gasteiger partial charge on any atom is -0.493 e. The largest absolute Gasteiger partial charge is 0.493 e. The van der Waals surface area contributed by atoms with Crippen LogP contribution in [0.3, 0.4) is 0 Å². The zero-order valence-electron chi connectivity index (χ0n) is 16.3. The number of aryl methyl sites for hydroxylation is 1. The number of halogens is 2. The Bertz CT molecular complexity index is 1130. The number of ether oxygens (including phenoxy) is 1. The van der Waals surface area contributed by atoms with E-state index >= 15 is 0 Å². The summed E-state index contributed by atoms with van der Waals surface area (Å²) in [7, 11) is 0. The number of rotatable bonds is 7. The van der Waals surface area contributed by atoms with Gasteiger partial charge in [0.1, 0.15) is 5.75 Å². The highest BCUT2D eigenvalue weighted by Gasteiger charge is 2.15. The molecule has 0 radical (unpaired) electrons. The second kappa shape index (κ2) is 9.28. The quantitative estimate of drug-likeness (QED) is 0.338. The molecule has 0 fully saturated rings. The summed E-state index contributed by atoms with van der Waals surface area (Å²) in [6, 6.07) is 16.9. The molecule has 0 saturated carbocycles. The Morgan fingerprint density at radius 2 is 1.73 bits per heavy atom. The summed E-state index contributed by atoms with van der Waals surface area (Å²) in [5, 5.41) is 9.02. The standard InChI is InChI=1S/C23H19Cl2N3O2/c1-2-15-6-9-17(26-14-15)12-13-29-18-10-7-16(8-11-18)22-27-28-23(30-22)19-4-3-5-20(24)21(19)25/h3-11,14H,2,12-13H2,1H3. The molecule has 0 aliphatic heterocycles. The molecule has 2 heterocycles. The topological polar surface area (TPSA) is 61.0 Å². The van der Waals surface area contributed by atoms with Gasteiger partial charge in [-0.15, -0.1) is 10.2 Å². The van der Waals surface area contributed by atoms with E-state index in [0.29, 0.717) is 34.0 Å². The Balaban J connectivity index is 1.39. The first-order valence-electron chi connectivity index (χ1n) is 9.59. The lowest BCUT2D eigenvalue weighted by Crippen LogP contribution is -2.03. The molecule has 0 unspecified atom stereocenters. The monoisotopic (exact) mass is 439 g/mol. The fourth-order valence-corrected chi connectivity index (χ4v) is 3.28. The Morgan fingerprint density at radius 1 is 0.933 bits per heavy atom. The van der Waals surface area contributed by atoms with E-state index < -0.39 is 0 Å². The van der Waals surface area contributed by atoms with Crippen molar-refractivity contribution >= 4 is 23.2 Å². The lowest BCUT2D eigenvalue weighted by atomic mass is 10.2. The summed E-state index contributed by atoms with van der Waals surface area (Å²) < 4.78 is 11.6. The Kier molecular flexibility index (Phi) is 6.31. The molecule has 4 aromatic rings. The maximum atomic E-state index is 6.23. The van der Waals surface area contributed by atoms with Gasteiger partial charge in [0.15, 0.2) is 0 Å². The van der Waals surface area contributed by atoms with E-state index in [9.17, 15) is 0 Å². The minimum absolute atomic E-state index is 0.319. The smallest absolute Gasteiger partial charge is 0.249 e. The van der Waals surface area contributed by atoms with Crippen molar-refractivity contribution in [3.63, 3.8) is 0 Å². The third-order valence-electron chi connectivity index (χ3n) is 4.63. The molecular formula is C23H19Cl2N3O2. The zero-order chi connectivity index (χ0) is 20.9. The number of aromatic nitrogens is 3. The van der Waals surface area contributed by atoms with Gasteiger partial charge in [0.25, 0.3) is 0 Å². The maximum Gasteiger partial charge on any atom is 0.249 e. The third-order valence-corrected chi connectivity index (χ3v) is 5.45. The fraction of sp³-hybridized carbons (Fsp3) is 0.174. The van der Waals surface area contributed by atoms with Crippen LogP contribution in [0.15, 0.2) is 65.2 Å². The SMILES string of the molecule is CCc1ccc(CCOc2ccc(-c3nnc(-c4cccc(Cl)c4Cl)o3)cc2)nc1. The van der Waals surface area contributed by atoms with Crippen LogP contribution in [0.4, 0.5) is 0 Å². The number of pyridine rings is 1. The molecule has 0 atom stereocenters. The van der Waals surface area contributed by atoms with E-state index in [1.54, 1.807) is 18.2 Å². The van der Waals surface area contributed by atoms with Crippen molar-refractivity contribution in [2.24, 2.45) is 0 Å². The number of nitrogens with zero attached hydrogens (tertiary/aromatic N) is 3. The Labute approximate surface area is 184 Å². The first kappa shape index (κ1) is 20.4. The molecule has 2 aromatic heterocycles. The van der Waals surface area contributed by atoms with E-state index in [-0.39, 0.29) is 0 Å². The normalized spacial score (nSPS) is 10.9. The van der Waals surface area contributed by atoms with Gasteiger partial charge in [0, 0.05) is 23.9 Å². The summed E-state index contributed by atoms with van der Waals surface area (Å²) in [5.41, 5.74) is 3.64. The summed E-state index contributed by atoms with van der Waals surface area (Å²) in [6.07, 6.45) is 3.66. The van der Waals surface area contributed by atoms with E-state index in [1.807, 2.05) is 36.5 Å². The predicted molar refractivity (Wildman–Crippen MR) is 118 cm³/mol. The molecule has 0 saturated heterocycles. The average Bonchev–Trinajstić information content (AvgIpc) is 3.27.